The van der Waals surface area contributed by atoms with Gasteiger partial charge in [-0.15, -0.1) is 24.8 Å². The summed E-state index contributed by atoms with van der Waals surface area (Å²) in [5, 5.41) is 6.10. The zero-order valence-electron chi connectivity index (χ0n) is 15.4. The maximum absolute atomic E-state index is 12.1. The second-order valence-corrected chi connectivity index (χ2v) is 6.21. The van der Waals surface area contributed by atoms with Gasteiger partial charge in [0.05, 0.1) is 25.1 Å². The third-order valence-corrected chi connectivity index (χ3v) is 4.15. The first-order chi connectivity index (χ1) is 12.1. The molecule has 8 heteroatoms. The van der Waals surface area contributed by atoms with Crippen LogP contribution in [0.1, 0.15) is 17.5 Å². The molecule has 1 aliphatic rings. The number of halogens is 2. The van der Waals surface area contributed by atoms with Crippen molar-refractivity contribution in [1.29, 1.82) is 0 Å². The number of morpholine rings is 1. The third-order valence-electron chi connectivity index (χ3n) is 4.15. The van der Waals surface area contributed by atoms with E-state index in [1.54, 1.807) is 18.3 Å². The quantitative estimate of drug-likeness (QED) is 0.782. The fourth-order valence-corrected chi connectivity index (χ4v) is 2.60. The van der Waals surface area contributed by atoms with Gasteiger partial charge in [-0.25, -0.2) is 4.98 Å². The van der Waals surface area contributed by atoms with Crippen molar-refractivity contribution < 1.29 is 14.3 Å². The first-order valence-electron chi connectivity index (χ1n) is 8.42. The van der Waals surface area contributed by atoms with Gasteiger partial charge in [0.25, 0.3) is 0 Å². The highest BCUT2D eigenvalue weighted by atomic mass is 35.5. The monoisotopic (exact) mass is 413 g/mol. The zero-order chi connectivity index (χ0) is 17.6. The second-order valence-electron chi connectivity index (χ2n) is 6.21. The van der Waals surface area contributed by atoms with Gasteiger partial charge < -0.3 is 20.1 Å². The van der Waals surface area contributed by atoms with Crippen molar-refractivity contribution in [3.8, 4) is 11.6 Å². The maximum atomic E-state index is 12.1. The number of pyridine rings is 1. The molecular weight excluding hydrogens is 389 g/mol. The van der Waals surface area contributed by atoms with E-state index in [1.807, 2.05) is 25.1 Å². The Bertz CT molecular complexity index is 735. The summed E-state index contributed by atoms with van der Waals surface area (Å²) >= 11 is 0. The lowest BCUT2D eigenvalue weighted by molar-refractivity contribution is -0.117. The first-order valence-corrected chi connectivity index (χ1v) is 8.42. The number of hydrogen-bond donors (Lipinski definition) is 2. The van der Waals surface area contributed by atoms with E-state index in [9.17, 15) is 4.79 Å². The maximum Gasteiger partial charge on any atom is 0.226 e. The Balaban J connectivity index is 0.00000182. The Hall–Kier alpha value is -1.86. The Morgan fingerprint density at radius 3 is 2.70 bits per heavy atom. The van der Waals surface area contributed by atoms with E-state index < -0.39 is 0 Å². The molecule has 3 rings (SSSR count). The van der Waals surface area contributed by atoms with Crippen LogP contribution >= 0.6 is 24.8 Å². The Morgan fingerprint density at radius 2 is 2.07 bits per heavy atom. The van der Waals surface area contributed by atoms with Gasteiger partial charge in [-0.3, -0.25) is 4.79 Å². The second kappa shape index (κ2) is 11.1. The molecular formula is C19H25Cl2N3O3. The van der Waals surface area contributed by atoms with Crippen LogP contribution in [-0.4, -0.2) is 36.7 Å². The molecule has 2 heterocycles. The number of hydrogen-bond acceptors (Lipinski definition) is 5. The average Bonchev–Trinajstić information content (AvgIpc) is 2.61. The minimum atomic E-state index is -0.0624. The Labute approximate surface area is 171 Å². The predicted octanol–water partition coefficient (Wildman–Crippen LogP) is 3.65. The molecule has 1 unspecified atom stereocenters. The van der Waals surface area contributed by atoms with E-state index in [-0.39, 0.29) is 36.8 Å². The summed E-state index contributed by atoms with van der Waals surface area (Å²) in [5.41, 5.74) is 3.03. The molecule has 0 spiro atoms. The predicted molar refractivity (Wildman–Crippen MR) is 111 cm³/mol. The van der Waals surface area contributed by atoms with Crippen molar-refractivity contribution in [2.24, 2.45) is 0 Å². The first kappa shape index (κ1) is 23.2. The van der Waals surface area contributed by atoms with Crippen LogP contribution in [0.15, 0.2) is 36.5 Å². The largest absolute Gasteiger partial charge is 0.439 e. The van der Waals surface area contributed by atoms with E-state index in [4.69, 9.17) is 9.47 Å². The highest BCUT2D eigenvalue weighted by Gasteiger charge is 2.16. The van der Waals surface area contributed by atoms with Crippen LogP contribution in [0, 0.1) is 13.8 Å². The molecule has 1 aromatic carbocycles. The van der Waals surface area contributed by atoms with Gasteiger partial charge in [-0.05, 0) is 43.2 Å². The Morgan fingerprint density at radius 1 is 1.26 bits per heavy atom. The number of carbonyl (C=O) groups excluding carboxylic acids is 1. The molecule has 2 aromatic rings. The van der Waals surface area contributed by atoms with E-state index in [0.29, 0.717) is 31.2 Å². The summed E-state index contributed by atoms with van der Waals surface area (Å²) in [4.78, 5) is 16.3. The van der Waals surface area contributed by atoms with Crippen molar-refractivity contribution in [2.75, 3.05) is 25.1 Å². The number of anilines is 1. The SMILES string of the molecule is Cc1ccc(Oc2ccc(NC(=O)CC3COCCN3)cn2)cc1C.Cl.Cl. The van der Waals surface area contributed by atoms with E-state index >= 15 is 0 Å². The van der Waals surface area contributed by atoms with Crippen molar-refractivity contribution >= 4 is 36.4 Å². The molecule has 1 aliphatic heterocycles. The van der Waals surface area contributed by atoms with Crippen LogP contribution in [0.25, 0.3) is 0 Å². The van der Waals surface area contributed by atoms with Gasteiger partial charge in [0, 0.05) is 25.1 Å². The standard InChI is InChI=1S/C19H23N3O3.2ClH/c1-13-3-5-17(9-14(13)2)25-19-6-4-15(11-21-19)22-18(23)10-16-12-24-8-7-20-16;;/h3-6,9,11,16,20H,7-8,10,12H2,1-2H3,(H,22,23);2*1H. The minimum absolute atomic E-state index is 0. The summed E-state index contributed by atoms with van der Waals surface area (Å²) in [7, 11) is 0. The van der Waals surface area contributed by atoms with Crippen LogP contribution in [-0.2, 0) is 9.53 Å². The molecule has 1 amide bonds. The van der Waals surface area contributed by atoms with E-state index in [0.717, 1.165) is 12.3 Å². The molecule has 1 atom stereocenters. The molecule has 6 nitrogen and oxygen atoms in total. The topological polar surface area (TPSA) is 72.5 Å². The molecule has 0 saturated carbocycles. The van der Waals surface area contributed by atoms with Gasteiger partial charge in [0.15, 0.2) is 0 Å². The van der Waals surface area contributed by atoms with Crippen LogP contribution in [0.3, 0.4) is 0 Å². The number of amides is 1. The van der Waals surface area contributed by atoms with Gasteiger partial charge in [0.1, 0.15) is 5.75 Å². The number of carbonyl (C=O) groups is 1. The lowest BCUT2D eigenvalue weighted by Gasteiger charge is -2.23. The normalized spacial score (nSPS) is 15.9. The zero-order valence-corrected chi connectivity index (χ0v) is 17.0. The number of aryl methyl sites for hydroxylation is 2. The van der Waals surface area contributed by atoms with Crippen molar-refractivity contribution in [1.82, 2.24) is 10.3 Å². The average molecular weight is 414 g/mol. The molecule has 1 saturated heterocycles. The Kier molecular flexibility index (Phi) is 9.52. The molecule has 0 aliphatic carbocycles. The number of nitrogens with one attached hydrogen (secondary N) is 2. The molecule has 0 bridgehead atoms. The lowest BCUT2D eigenvalue weighted by atomic mass is 10.1. The van der Waals surface area contributed by atoms with Gasteiger partial charge in [-0.2, -0.15) is 0 Å². The summed E-state index contributed by atoms with van der Waals surface area (Å²) in [6.07, 6.45) is 1.97. The summed E-state index contributed by atoms with van der Waals surface area (Å²) in [6, 6.07) is 9.50. The molecule has 1 fully saturated rings. The summed E-state index contributed by atoms with van der Waals surface area (Å²) in [6.45, 7) is 6.15. The highest BCUT2D eigenvalue weighted by molar-refractivity contribution is 5.91. The van der Waals surface area contributed by atoms with E-state index in [2.05, 4.69) is 22.5 Å². The number of benzene rings is 1. The van der Waals surface area contributed by atoms with Gasteiger partial charge >= 0.3 is 0 Å². The number of rotatable bonds is 5. The molecule has 1 aromatic heterocycles. The fourth-order valence-electron chi connectivity index (χ4n) is 2.60. The number of aromatic nitrogens is 1. The summed E-state index contributed by atoms with van der Waals surface area (Å²) < 4.78 is 11.1. The molecule has 0 radical (unpaired) electrons. The number of nitrogens with zero attached hydrogens (tertiary/aromatic N) is 1. The van der Waals surface area contributed by atoms with Crippen molar-refractivity contribution in [3.05, 3.63) is 47.7 Å². The molecule has 2 N–H and O–H groups in total. The van der Waals surface area contributed by atoms with Crippen LogP contribution < -0.4 is 15.4 Å². The van der Waals surface area contributed by atoms with Gasteiger partial charge in [0.2, 0.25) is 11.8 Å². The van der Waals surface area contributed by atoms with Crippen LogP contribution in [0.2, 0.25) is 0 Å². The van der Waals surface area contributed by atoms with Crippen LogP contribution in [0.4, 0.5) is 5.69 Å². The molecule has 148 valence electrons. The van der Waals surface area contributed by atoms with Crippen LogP contribution in [0.5, 0.6) is 11.6 Å². The van der Waals surface area contributed by atoms with Crippen molar-refractivity contribution in [2.45, 2.75) is 26.3 Å². The lowest BCUT2D eigenvalue weighted by Crippen LogP contribution is -2.43. The number of ether oxygens (including phenoxy) is 2. The van der Waals surface area contributed by atoms with Crippen molar-refractivity contribution in [3.63, 3.8) is 0 Å². The smallest absolute Gasteiger partial charge is 0.226 e. The van der Waals surface area contributed by atoms with E-state index in [1.165, 1.54) is 11.1 Å². The fraction of sp³-hybridized carbons (Fsp3) is 0.368. The highest BCUT2D eigenvalue weighted by Crippen LogP contribution is 2.23. The summed E-state index contributed by atoms with van der Waals surface area (Å²) in [5.74, 6) is 1.17. The third kappa shape index (κ3) is 6.99. The van der Waals surface area contributed by atoms with Gasteiger partial charge in [-0.1, -0.05) is 6.07 Å². The minimum Gasteiger partial charge on any atom is -0.439 e. The molecule has 27 heavy (non-hydrogen) atoms.